The number of hydrogen-bond acceptors (Lipinski definition) is 2. The molecule has 5 aromatic heterocycles. The van der Waals surface area contributed by atoms with Crippen LogP contribution in [0.1, 0.15) is 0 Å². The van der Waals surface area contributed by atoms with Gasteiger partial charge in [-0.2, -0.15) is 0 Å². The molecule has 0 unspecified atom stereocenters. The molecule has 0 aliphatic carbocycles. The van der Waals surface area contributed by atoms with Crippen LogP contribution >= 0.6 is 0 Å². The lowest BCUT2D eigenvalue weighted by atomic mass is 10.0. The van der Waals surface area contributed by atoms with Gasteiger partial charge in [-0.15, -0.1) is 0 Å². The minimum Gasteiger partial charge on any atom is -0.309 e. The van der Waals surface area contributed by atoms with E-state index >= 15 is 0 Å². The van der Waals surface area contributed by atoms with Gasteiger partial charge in [0.05, 0.1) is 33.1 Å². The van der Waals surface area contributed by atoms with Crippen molar-refractivity contribution in [1.29, 1.82) is 0 Å². The van der Waals surface area contributed by atoms with E-state index in [1.165, 1.54) is 38.1 Å². The number of pyridine rings is 2. The highest BCUT2D eigenvalue weighted by Gasteiger charge is 2.22. The van der Waals surface area contributed by atoms with Crippen molar-refractivity contribution in [3.63, 3.8) is 0 Å². The van der Waals surface area contributed by atoms with Crippen LogP contribution in [0.3, 0.4) is 0 Å². The Bertz CT molecular complexity index is 2710. The topological polar surface area (TPSA) is 40.0 Å². The minimum atomic E-state index is 0.924. The second-order valence-corrected chi connectivity index (χ2v) is 11.1. The molecule has 0 aliphatic rings. The smallest absolute Gasteiger partial charge is 0.146 e. The van der Waals surface area contributed by atoms with Gasteiger partial charge in [0.1, 0.15) is 5.65 Å². The van der Waals surface area contributed by atoms with Crippen molar-refractivity contribution >= 4 is 71.1 Å². The molecule has 43 heavy (non-hydrogen) atoms. The third-order valence-electron chi connectivity index (χ3n) is 8.91. The van der Waals surface area contributed by atoms with Crippen LogP contribution in [0.5, 0.6) is 0 Å². The second-order valence-electron chi connectivity index (χ2n) is 11.1. The fraction of sp³-hybridized carbons (Fsp3) is 0. The van der Waals surface area contributed by atoms with Gasteiger partial charge in [0.15, 0.2) is 0 Å². The van der Waals surface area contributed by atoms with Gasteiger partial charge in [0.2, 0.25) is 0 Å². The van der Waals surface area contributed by atoms with E-state index in [0.717, 1.165) is 44.3 Å². The van der Waals surface area contributed by atoms with Crippen molar-refractivity contribution in [2.24, 2.45) is 0 Å². The molecule has 0 fully saturated rings. The zero-order valence-electron chi connectivity index (χ0n) is 23.0. The largest absolute Gasteiger partial charge is 0.309 e. The fourth-order valence-corrected chi connectivity index (χ4v) is 7.20. The molecule has 0 spiro atoms. The van der Waals surface area contributed by atoms with E-state index < -0.39 is 0 Å². The lowest BCUT2D eigenvalue weighted by molar-refractivity contribution is 1.17. The minimum absolute atomic E-state index is 0.924. The van der Waals surface area contributed by atoms with Crippen LogP contribution in [-0.2, 0) is 0 Å². The van der Waals surface area contributed by atoms with Gasteiger partial charge >= 0.3 is 0 Å². The fourth-order valence-electron chi connectivity index (χ4n) is 7.20. The second kappa shape index (κ2) is 8.30. The predicted octanol–water partition coefficient (Wildman–Crippen LogP) is 9.23. The molecule has 0 bridgehead atoms. The molecule has 10 aromatic rings. The number of hydrogen-bond donors (Lipinski definition) is 0. The first-order chi connectivity index (χ1) is 21.4. The Balaban J connectivity index is 1.49. The number of benzene rings is 5. The summed E-state index contributed by atoms with van der Waals surface area (Å²) in [6, 6.07) is 43.5. The molecule has 0 N–H and O–H groups in total. The van der Waals surface area contributed by atoms with Gasteiger partial charge in [0.25, 0.3) is 0 Å². The SMILES string of the molecule is c1ccc(-n2c3ccccc3c3c4c5cc6c(cc5n(-c5ccccc5)c4ccc32)c2ncccc2c2nccn62)cc1. The molecule has 5 aromatic carbocycles. The zero-order valence-corrected chi connectivity index (χ0v) is 23.0. The van der Waals surface area contributed by atoms with Gasteiger partial charge in [-0.3, -0.25) is 9.38 Å². The average Bonchev–Trinajstić information content (AvgIpc) is 3.78. The summed E-state index contributed by atoms with van der Waals surface area (Å²) in [5, 5.41) is 7.12. The number of aromatic nitrogens is 5. The maximum Gasteiger partial charge on any atom is 0.146 e. The summed E-state index contributed by atoms with van der Waals surface area (Å²) in [4.78, 5) is 9.60. The van der Waals surface area contributed by atoms with Gasteiger partial charge in [-0.1, -0.05) is 54.6 Å². The molecule has 0 amide bonds. The highest BCUT2D eigenvalue weighted by Crippen LogP contribution is 2.44. The number of para-hydroxylation sites is 3. The molecule has 10 rings (SSSR count). The van der Waals surface area contributed by atoms with Gasteiger partial charge in [-0.25, -0.2) is 4.98 Å². The van der Waals surface area contributed by atoms with Gasteiger partial charge in [0, 0.05) is 62.3 Å². The average molecular weight is 550 g/mol. The van der Waals surface area contributed by atoms with Crippen LogP contribution < -0.4 is 0 Å². The molecular formula is C38H23N5. The highest BCUT2D eigenvalue weighted by molar-refractivity contribution is 6.30. The normalized spacial score (nSPS) is 12.2. The Hall–Kier alpha value is -5.94. The number of fused-ring (bicyclic) bond motifs is 13. The zero-order chi connectivity index (χ0) is 28.1. The van der Waals surface area contributed by atoms with E-state index in [4.69, 9.17) is 9.97 Å². The predicted molar refractivity (Wildman–Crippen MR) is 177 cm³/mol. The van der Waals surface area contributed by atoms with E-state index in [1.807, 2.05) is 18.5 Å². The Kier molecular flexibility index (Phi) is 4.39. The summed E-state index contributed by atoms with van der Waals surface area (Å²) in [6.45, 7) is 0. The van der Waals surface area contributed by atoms with Crippen LogP contribution in [0.2, 0.25) is 0 Å². The molecule has 5 heteroatoms. The Labute approximate surface area is 245 Å². The van der Waals surface area contributed by atoms with Crippen LogP contribution in [-0.4, -0.2) is 23.5 Å². The first-order valence-corrected chi connectivity index (χ1v) is 14.5. The molecule has 0 radical (unpaired) electrons. The molecule has 200 valence electrons. The Morgan fingerprint density at radius 1 is 0.419 bits per heavy atom. The van der Waals surface area contributed by atoms with E-state index in [-0.39, 0.29) is 0 Å². The molecule has 0 atom stereocenters. The molecule has 0 saturated carbocycles. The van der Waals surface area contributed by atoms with Crippen molar-refractivity contribution in [2.45, 2.75) is 0 Å². The summed E-state index contributed by atoms with van der Waals surface area (Å²) < 4.78 is 7.01. The summed E-state index contributed by atoms with van der Waals surface area (Å²) in [7, 11) is 0. The third kappa shape index (κ3) is 2.95. The quantitative estimate of drug-likeness (QED) is 0.202. The van der Waals surface area contributed by atoms with Gasteiger partial charge in [-0.05, 0) is 66.7 Å². The van der Waals surface area contributed by atoms with Crippen LogP contribution in [0.25, 0.3) is 82.4 Å². The summed E-state index contributed by atoms with van der Waals surface area (Å²) in [5.74, 6) is 0. The molecule has 5 nitrogen and oxygen atoms in total. The monoisotopic (exact) mass is 549 g/mol. The van der Waals surface area contributed by atoms with Crippen molar-refractivity contribution < 1.29 is 0 Å². The number of imidazole rings is 1. The third-order valence-corrected chi connectivity index (χ3v) is 8.91. The summed E-state index contributed by atoms with van der Waals surface area (Å²) in [5.41, 5.74) is 10.0. The first-order valence-electron chi connectivity index (χ1n) is 14.5. The van der Waals surface area contributed by atoms with E-state index in [2.05, 4.69) is 135 Å². The van der Waals surface area contributed by atoms with E-state index in [9.17, 15) is 0 Å². The number of rotatable bonds is 2. The van der Waals surface area contributed by atoms with Crippen molar-refractivity contribution in [3.05, 3.63) is 140 Å². The maximum atomic E-state index is 4.86. The molecule has 0 aliphatic heterocycles. The first kappa shape index (κ1) is 22.7. The lowest BCUT2D eigenvalue weighted by Crippen LogP contribution is -1.95. The Morgan fingerprint density at radius 2 is 1.05 bits per heavy atom. The summed E-state index contributed by atoms with van der Waals surface area (Å²) >= 11 is 0. The van der Waals surface area contributed by atoms with E-state index in [0.29, 0.717) is 0 Å². The molecular weight excluding hydrogens is 526 g/mol. The number of nitrogens with zero attached hydrogens (tertiary/aromatic N) is 5. The van der Waals surface area contributed by atoms with Crippen molar-refractivity contribution in [2.75, 3.05) is 0 Å². The molecule has 0 saturated heterocycles. The standard InChI is InChI=1S/C38H23N5/c1-3-10-24(11-4-1)42-30-16-8-7-14-26(30)35-31(42)17-18-32-36(35)28-22-33-29(23-34(28)43(32)25-12-5-2-6-13-25)37-27(15-9-19-39-37)38-40-20-21-41(33)38/h1-23H. The van der Waals surface area contributed by atoms with Gasteiger partial charge < -0.3 is 9.13 Å². The Morgan fingerprint density at radius 3 is 1.81 bits per heavy atom. The van der Waals surface area contributed by atoms with Crippen LogP contribution in [0, 0.1) is 0 Å². The molecule has 5 heterocycles. The van der Waals surface area contributed by atoms with Crippen LogP contribution in [0.4, 0.5) is 0 Å². The summed E-state index contributed by atoms with van der Waals surface area (Å²) in [6.07, 6.45) is 5.81. The van der Waals surface area contributed by atoms with E-state index in [1.54, 1.807) is 0 Å². The maximum absolute atomic E-state index is 4.86. The van der Waals surface area contributed by atoms with Crippen molar-refractivity contribution in [1.82, 2.24) is 23.5 Å². The lowest BCUT2D eigenvalue weighted by Gasteiger charge is -2.10. The van der Waals surface area contributed by atoms with Crippen LogP contribution in [0.15, 0.2) is 140 Å². The highest BCUT2D eigenvalue weighted by atomic mass is 15.0. The van der Waals surface area contributed by atoms with Crippen molar-refractivity contribution in [3.8, 4) is 11.4 Å².